The average molecular weight is 379 g/mol. The molecule has 1 aromatic heterocycles. The number of hydrogen-bond donors (Lipinski definition) is 0. The van der Waals surface area contributed by atoms with E-state index in [9.17, 15) is 13.6 Å². The van der Waals surface area contributed by atoms with Crippen molar-refractivity contribution in [3.8, 4) is 0 Å². The summed E-state index contributed by atoms with van der Waals surface area (Å²) in [5, 5.41) is 0. The number of ether oxygens (including phenoxy) is 1. The zero-order chi connectivity index (χ0) is 19.0. The van der Waals surface area contributed by atoms with E-state index in [0.717, 1.165) is 63.8 Å². The first-order valence-electron chi connectivity index (χ1n) is 9.92. The number of aromatic nitrogens is 1. The van der Waals surface area contributed by atoms with Crippen LogP contribution in [0.5, 0.6) is 0 Å². The number of nitrogens with zero attached hydrogens (tertiary/aromatic N) is 3. The number of methoxy groups -OCH3 is 1. The van der Waals surface area contributed by atoms with E-state index >= 15 is 0 Å². The summed E-state index contributed by atoms with van der Waals surface area (Å²) in [4.78, 5) is 21.2. The molecule has 27 heavy (non-hydrogen) atoms. The molecule has 2 saturated heterocycles. The molecular weight excluding hydrogens is 352 g/mol. The monoisotopic (exact) mass is 379 g/mol. The molecule has 2 aliphatic heterocycles. The predicted molar refractivity (Wildman–Crippen MR) is 97.4 cm³/mol. The molecule has 0 bridgehead atoms. The highest BCUT2D eigenvalue weighted by Gasteiger charge is 2.51. The maximum absolute atomic E-state index is 14.2. The van der Waals surface area contributed by atoms with Crippen molar-refractivity contribution >= 4 is 11.7 Å². The third kappa shape index (κ3) is 3.42. The fraction of sp³-hybridized carbons (Fsp3) is 0.700. The highest BCUT2D eigenvalue weighted by Crippen LogP contribution is 2.43. The molecule has 0 radical (unpaired) electrons. The summed E-state index contributed by atoms with van der Waals surface area (Å²) >= 11 is 0. The number of anilines is 1. The second kappa shape index (κ2) is 7.34. The van der Waals surface area contributed by atoms with Gasteiger partial charge in [0, 0.05) is 38.9 Å². The van der Waals surface area contributed by atoms with E-state index in [-0.39, 0.29) is 11.7 Å². The van der Waals surface area contributed by atoms with Crippen molar-refractivity contribution in [1.29, 1.82) is 0 Å². The molecule has 4 rings (SSSR count). The molecule has 3 heterocycles. The molecule has 1 atom stereocenters. The Morgan fingerprint density at radius 1 is 1.19 bits per heavy atom. The number of carbonyl (C=O) groups excluding carboxylic acids is 1. The number of amides is 1. The average Bonchev–Trinajstić information content (AvgIpc) is 2.98. The van der Waals surface area contributed by atoms with Crippen molar-refractivity contribution in [2.45, 2.75) is 57.1 Å². The van der Waals surface area contributed by atoms with Crippen molar-refractivity contribution in [3.05, 3.63) is 23.9 Å². The van der Waals surface area contributed by atoms with Crippen molar-refractivity contribution in [3.63, 3.8) is 0 Å². The van der Waals surface area contributed by atoms with Gasteiger partial charge in [-0.2, -0.15) is 0 Å². The Bertz CT molecular complexity index is 708. The van der Waals surface area contributed by atoms with Gasteiger partial charge in [0.1, 0.15) is 5.82 Å². The van der Waals surface area contributed by atoms with Crippen LogP contribution in [0.3, 0.4) is 0 Å². The minimum absolute atomic E-state index is 0.155. The lowest BCUT2D eigenvalue weighted by Gasteiger charge is -2.41. The van der Waals surface area contributed by atoms with Gasteiger partial charge in [-0.1, -0.05) is 0 Å². The van der Waals surface area contributed by atoms with Gasteiger partial charge in [-0.05, 0) is 44.9 Å². The summed E-state index contributed by atoms with van der Waals surface area (Å²) in [5.74, 6) is -0.983. The molecule has 1 amide bonds. The van der Waals surface area contributed by atoms with Gasteiger partial charge >= 0.3 is 0 Å². The van der Waals surface area contributed by atoms with Crippen molar-refractivity contribution < 1.29 is 18.3 Å². The van der Waals surface area contributed by atoms with Gasteiger partial charge < -0.3 is 14.5 Å². The van der Waals surface area contributed by atoms with Crippen LogP contribution >= 0.6 is 0 Å². The number of hydrogen-bond acceptors (Lipinski definition) is 4. The first kappa shape index (κ1) is 18.6. The number of rotatable bonds is 3. The van der Waals surface area contributed by atoms with E-state index in [1.54, 1.807) is 7.11 Å². The van der Waals surface area contributed by atoms with E-state index in [1.807, 2.05) is 4.90 Å². The zero-order valence-corrected chi connectivity index (χ0v) is 15.8. The van der Waals surface area contributed by atoms with E-state index in [4.69, 9.17) is 4.74 Å². The molecule has 3 fully saturated rings. The second-order valence-corrected chi connectivity index (χ2v) is 8.18. The van der Waals surface area contributed by atoms with Crippen LogP contribution in [0.1, 0.15) is 44.9 Å². The Kier molecular flexibility index (Phi) is 5.05. The minimum atomic E-state index is -0.683. The molecule has 3 aliphatic rings. The van der Waals surface area contributed by atoms with Crippen LogP contribution < -0.4 is 4.90 Å². The van der Waals surface area contributed by atoms with Crippen LogP contribution in [0.25, 0.3) is 0 Å². The normalized spacial score (nSPS) is 31.7. The summed E-state index contributed by atoms with van der Waals surface area (Å²) in [6, 6.07) is 1.15. The Morgan fingerprint density at radius 3 is 2.67 bits per heavy atom. The quantitative estimate of drug-likeness (QED) is 0.810. The SMILES string of the molecule is COC1CCC(N2CC[C@]3(CCCN(c4ncc(F)cc4F)C3)C2=O)CC1. The van der Waals surface area contributed by atoms with E-state index in [1.165, 1.54) is 0 Å². The highest BCUT2D eigenvalue weighted by atomic mass is 19.1. The highest BCUT2D eigenvalue weighted by molar-refractivity contribution is 5.86. The molecule has 1 aromatic rings. The van der Waals surface area contributed by atoms with Gasteiger partial charge in [0.15, 0.2) is 11.6 Å². The minimum Gasteiger partial charge on any atom is -0.381 e. The third-order valence-corrected chi connectivity index (χ3v) is 6.63. The lowest BCUT2D eigenvalue weighted by Crippen LogP contribution is -2.50. The van der Waals surface area contributed by atoms with Gasteiger partial charge in [0.25, 0.3) is 0 Å². The molecular formula is C20H27F2N3O2. The summed E-state index contributed by atoms with van der Waals surface area (Å²) in [7, 11) is 1.75. The maximum Gasteiger partial charge on any atom is 0.230 e. The lowest BCUT2D eigenvalue weighted by atomic mass is 9.78. The van der Waals surface area contributed by atoms with Gasteiger partial charge in [-0.25, -0.2) is 13.8 Å². The molecule has 1 spiro atoms. The van der Waals surface area contributed by atoms with Crippen LogP contribution in [0.2, 0.25) is 0 Å². The number of carbonyl (C=O) groups is 1. The third-order valence-electron chi connectivity index (χ3n) is 6.63. The van der Waals surface area contributed by atoms with E-state index in [0.29, 0.717) is 25.2 Å². The Morgan fingerprint density at radius 2 is 1.96 bits per heavy atom. The van der Waals surface area contributed by atoms with Crippen LogP contribution in [-0.2, 0) is 9.53 Å². The molecule has 1 saturated carbocycles. The molecule has 5 nitrogen and oxygen atoms in total. The van der Waals surface area contributed by atoms with Gasteiger partial charge in [-0.3, -0.25) is 4.79 Å². The van der Waals surface area contributed by atoms with Crippen molar-refractivity contribution in [2.24, 2.45) is 5.41 Å². The van der Waals surface area contributed by atoms with Crippen molar-refractivity contribution in [1.82, 2.24) is 9.88 Å². The predicted octanol–water partition coefficient (Wildman–Crippen LogP) is 3.14. The fourth-order valence-corrected chi connectivity index (χ4v) is 5.12. The Hall–Kier alpha value is -1.76. The Labute approximate surface area is 158 Å². The zero-order valence-electron chi connectivity index (χ0n) is 15.8. The summed E-state index contributed by atoms with van der Waals surface area (Å²) in [6.45, 7) is 1.88. The molecule has 0 aromatic carbocycles. The smallest absolute Gasteiger partial charge is 0.230 e. The summed E-state index contributed by atoms with van der Waals surface area (Å²) in [5.41, 5.74) is -0.459. The largest absolute Gasteiger partial charge is 0.381 e. The first-order valence-corrected chi connectivity index (χ1v) is 9.92. The first-order chi connectivity index (χ1) is 13.0. The molecule has 7 heteroatoms. The standard InChI is InChI=1S/C20H27F2N3O2/c1-27-16-5-3-15(4-6-16)25-10-8-20(19(25)26)7-2-9-24(13-20)18-17(22)11-14(21)12-23-18/h11-12,15-16H,2-10,13H2,1H3/t15?,16?,20-/m0/s1. The molecule has 1 aliphatic carbocycles. The molecule has 148 valence electrons. The fourth-order valence-electron chi connectivity index (χ4n) is 5.12. The van der Waals surface area contributed by atoms with Crippen LogP contribution in [0, 0.1) is 17.0 Å². The Balaban J connectivity index is 1.48. The number of piperidine rings is 1. The number of likely N-dealkylation sites (tertiary alicyclic amines) is 1. The number of halogens is 2. The van der Waals surface area contributed by atoms with Crippen LogP contribution in [0.4, 0.5) is 14.6 Å². The van der Waals surface area contributed by atoms with Gasteiger partial charge in [0.05, 0.1) is 17.7 Å². The van der Waals surface area contributed by atoms with Crippen molar-refractivity contribution in [2.75, 3.05) is 31.6 Å². The van der Waals surface area contributed by atoms with E-state index in [2.05, 4.69) is 9.88 Å². The van der Waals surface area contributed by atoms with Gasteiger partial charge in [-0.15, -0.1) is 0 Å². The summed E-state index contributed by atoms with van der Waals surface area (Å²) in [6.07, 6.45) is 7.75. The van der Waals surface area contributed by atoms with E-state index < -0.39 is 17.0 Å². The molecule has 0 unspecified atom stereocenters. The van der Waals surface area contributed by atoms with Gasteiger partial charge in [0.2, 0.25) is 5.91 Å². The van der Waals surface area contributed by atoms with Crippen LogP contribution in [-0.4, -0.2) is 54.7 Å². The number of pyridine rings is 1. The topological polar surface area (TPSA) is 45.7 Å². The second-order valence-electron chi connectivity index (χ2n) is 8.18. The summed E-state index contributed by atoms with van der Waals surface area (Å²) < 4.78 is 32.8. The van der Waals surface area contributed by atoms with Crippen LogP contribution in [0.15, 0.2) is 12.3 Å². The maximum atomic E-state index is 14.2. The lowest BCUT2D eigenvalue weighted by molar-refractivity contribution is -0.139. The molecule has 0 N–H and O–H groups in total.